The molecule has 1 aromatic carbocycles. The van der Waals surface area contributed by atoms with E-state index in [0.29, 0.717) is 11.7 Å². The average Bonchev–Trinajstić information content (AvgIpc) is 3.14. The first-order valence-corrected chi connectivity index (χ1v) is 8.71. The summed E-state index contributed by atoms with van der Waals surface area (Å²) in [5.41, 5.74) is 3.59. The van der Waals surface area contributed by atoms with Gasteiger partial charge in [0.25, 0.3) is 5.91 Å². The number of piperidine rings is 1. The Morgan fingerprint density at radius 2 is 2.00 bits per heavy atom. The molecular weight excluding hydrogens is 302 g/mol. The molecule has 1 N–H and O–H groups in total. The van der Waals surface area contributed by atoms with E-state index in [2.05, 4.69) is 28.6 Å². The number of anilines is 1. The first-order chi connectivity index (χ1) is 11.7. The molecule has 0 spiro atoms. The van der Waals surface area contributed by atoms with Gasteiger partial charge < -0.3 is 10.2 Å². The number of nitrogens with one attached hydrogen (secondary N) is 1. The minimum absolute atomic E-state index is 0.0369. The number of aromatic nitrogens is 3. The fourth-order valence-corrected chi connectivity index (χ4v) is 3.93. The molecule has 1 atom stereocenters. The number of fused-ring (bicyclic) bond motifs is 1. The third kappa shape index (κ3) is 2.41. The molecule has 0 radical (unpaired) electrons. The van der Waals surface area contributed by atoms with Crippen LogP contribution in [0.25, 0.3) is 0 Å². The second kappa shape index (κ2) is 6.02. The van der Waals surface area contributed by atoms with Crippen molar-refractivity contribution in [3.8, 4) is 0 Å². The largest absolute Gasteiger partial charge is 0.317 e. The number of nitrogens with zero attached hydrogens (tertiary/aromatic N) is 4. The summed E-state index contributed by atoms with van der Waals surface area (Å²) in [5, 5.41) is 11.9. The van der Waals surface area contributed by atoms with Gasteiger partial charge in [0.2, 0.25) is 0 Å². The van der Waals surface area contributed by atoms with Crippen molar-refractivity contribution in [1.82, 2.24) is 20.3 Å². The highest BCUT2D eigenvalue weighted by Crippen LogP contribution is 2.33. The summed E-state index contributed by atoms with van der Waals surface area (Å²) in [6.07, 6.45) is 2.95. The Labute approximate surface area is 141 Å². The van der Waals surface area contributed by atoms with E-state index < -0.39 is 0 Å². The highest BCUT2D eigenvalue weighted by Gasteiger charge is 2.34. The van der Waals surface area contributed by atoms with Crippen LogP contribution in [0.4, 0.5) is 5.69 Å². The first-order valence-electron chi connectivity index (χ1n) is 8.71. The van der Waals surface area contributed by atoms with E-state index in [1.807, 2.05) is 34.7 Å². The number of amides is 1. The number of carbonyl (C=O) groups excluding carboxylic acids is 1. The summed E-state index contributed by atoms with van der Waals surface area (Å²) in [4.78, 5) is 15.0. The van der Waals surface area contributed by atoms with Crippen molar-refractivity contribution >= 4 is 11.6 Å². The standard InChI is InChI=1S/C18H23N5O/c1-12-11-14-5-3-4-6-16(14)22(12)18(24)17-13(2)23(21-20-17)15-7-9-19-10-8-15/h3-6,12,15,19H,7-11H2,1-2H3. The molecule has 1 aromatic heterocycles. The summed E-state index contributed by atoms with van der Waals surface area (Å²) in [5.74, 6) is -0.0369. The van der Waals surface area contributed by atoms with Gasteiger partial charge in [-0.1, -0.05) is 23.4 Å². The molecule has 126 valence electrons. The molecule has 0 bridgehead atoms. The zero-order chi connectivity index (χ0) is 16.7. The van der Waals surface area contributed by atoms with Crippen molar-refractivity contribution in [1.29, 1.82) is 0 Å². The topological polar surface area (TPSA) is 63.1 Å². The molecule has 6 nitrogen and oxygen atoms in total. The van der Waals surface area contributed by atoms with Crippen LogP contribution in [-0.4, -0.2) is 40.0 Å². The van der Waals surface area contributed by atoms with Crippen molar-refractivity contribution < 1.29 is 4.79 Å². The zero-order valence-corrected chi connectivity index (χ0v) is 14.2. The van der Waals surface area contributed by atoms with Gasteiger partial charge in [-0.3, -0.25) is 4.79 Å². The van der Waals surface area contributed by atoms with Gasteiger partial charge in [0.1, 0.15) is 0 Å². The molecule has 1 saturated heterocycles. The van der Waals surface area contributed by atoms with Crippen molar-refractivity contribution in [2.45, 2.75) is 45.2 Å². The zero-order valence-electron chi connectivity index (χ0n) is 14.2. The predicted molar refractivity (Wildman–Crippen MR) is 92.3 cm³/mol. The first kappa shape index (κ1) is 15.3. The van der Waals surface area contributed by atoms with Gasteiger partial charge in [0.15, 0.2) is 5.69 Å². The Bertz CT molecular complexity index is 763. The van der Waals surface area contributed by atoms with E-state index >= 15 is 0 Å². The van der Waals surface area contributed by atoms with E-state index in [1.54, 1.807) is 0 Å². The Morgan fingerprint density at radius 3 is 2.79 bits per heavy atom. The van der Waals surface area contributed by atoms with Crippen molar-refractivity contribution in [3.05, 3.63) is 41.2 Å². The number of hydrogen-bond donors (Lipinski definition) is 1. The molecule has 3 heterocycles. The lowest BCUT2D eigenvalue weighted by Gasteiger charge is -2.24. The van der Waals surface area contributed by atoms with Gasteiger partial charge in [-0.2, -0.15) is 0 Å². The van der Waals surface area contributed by atoms with E-state index in [9.17, 15) is 4.79 Å². The van der Waals surface area contributed by atoms with Crippen LogP contribution in [0.15, 0.2) is 24.3 Å². The van der Waals surface area contributed by atoms with Crippen molar-refractivity contribution in [2.75, 3.05) is 18.0 Å². The molecule has 2 aromatic rings. The maximum absolute atomic E-state index is 13.1. The van der Waals surface area contributed by atoms with E-state index in [1.165, 1.54) is 5.56 Å². The van der Waals surface area contributed by atoms with E-state index in [-0.39, 0.29) is 11.9 Å². The van der Waals surface area contributed by atoms with Crippen LogP contribution in [0.1, 0.15) is 47.6 Å². The Morgan fingerprint density at radius 1 is 1.25 bits per heavy atom. The number of hydrogen-bond acceptors (Lipinski definition) is 4. The van der Waals surface area contributed by atoms with Gasteiger partial charge in [-0.05, 0) is 57.8 Å². The Hall–Kier alpha value is -2.21. The molecule has 6 heteroatoms. The summed E-state index contributed by atoms with van der Waals surface area (Å²) < 4.78 is 1.95. The number of para-hydroxylation sites is 1. The Balaban J connectivity index is 1.65. The molecule has 1 fully saturated rings. The average molecular weight is 325 g/mol. The highest BCUT2D eigenvalue weighted by molar-refractivity contribution is 6.07. The highest BCUT2D eigenvalue weighted by atomic mass is 16.2. The number of rotatable bonds is 2. The lowest BCUT2D eigenvalue weighted by molar-refractivity contribution is 0.0976. The minimum Gasteiger partial charge on any atom is -0.317 e. The molecule has 24 heavy (non-hydrogen) atoms. The summed E-state index contributed by atoms with van der Waals surface area (Å²) in [6.45, 7) is 6.03. The molecule has 0 saturated carbocycles. The van der Waals surface area contributed by atoms with Gasteiger partial charge >= 0.3 is 0 Å². The normalized spacial score (nSPS) is 21.1. The molecule has 1 amide bonds. The van der Waals surface area contributed by atoms with Crippen LogP contribution in [0.2, 0.25) is 0 Å². The molecule has 2 aliphatic heterocycles. The predicted octanol–water partition coefficient (Wildman–Crippen LogP) is 2.10. The third-order valence-corrected chi connectivity index (χ3v) is 5.21. The Kier molecular flexibility index (Phi) is 3.84. The minimum atomic E-state index is -0.0369. The van der Waals surface area contributed by atoms with Gasteiger partial charge in [-0.25, -0.2) is 4.68 Å². The maximum atomic E-state index is 13.1. The van der Waals surface area contributed by atoms with E-state index in [4.69, 9.17) is 0 Å². The summed E-state index contributed by atoms with van der Waals surface area (Å²) in [7, 11) is 0. The summed E-state index contributed by atoms with van der Waals surface area (Å²) in [6, 6.07) is 8.61. The second-order valence-corrected chi connectivity index (χ2v) is 6.81. The lowest BCUT2D eigenvalue weighted by Crippen LogP contribution is -2.36. The van der Waals surface area contributed by atoms with Crippen LogP contribution >= 0.6 is 0 Å². The fourth-order valence-electron chi connectivity index (χ4n) is 3.93. The summed E-state index contributed by atoms with van der Waals surface area (Å²) >= 11 is 0. The van der Waals surface area contributed by atoms with Crippen LogP contribution < -0.4 is 10.2 Å². The molecule has 1 unspecified atom stereocenters. The van der Waals surface area contributed by atoms with Gasteiger partial charge in [0, 0.05) is 11.7 Å². The van der Waals surface area contributed by atoms with Crippen LogP contribution in [-0.2, 0) is 6.42 Å². The van der Waals surface area contributed by atoms with Crippen molar-refractivity contribution in [3.63, 3.8) is 0 Å². The number of benzene rings is 1. The van der Waals surface area contributed by atoms with Gasteiger partial charge in [-0.15, -0.1) is 5.10 Å². The monoisotopic (exact) mass is 325 g/mol. The van der Waals surface area contributed by atoms with Crippen LogP contribution in [0, 0.1) is 6.92 Å². The molecule has 0 aliphatic carbocycles. The maximum Gasteiger partial charge on any atom is 0.281 e. The molecule has 4 rings (SSSR count). The van der Waals surface area contributed by atoms with E-state index in [0.717, 1.165) is 43.7 Å². The smallest absolute Gasteiger partial charge is 0.281 e. The second-order valence-electron chi connectivity index (χ2n) is 6.81. The lowest BCUT2D eigenvalue weighted by atomic mass is 10.1. The third-order valence-electron chi connectivity index (χ3n) is 5.21. The van der Waals surface area contributed by atoms with Crippen molar-refractivity contribution in [2.24, 2.45) is 0 Å². The fraction of sp³-hybridized carbons (Fsp3) is 0.500. The quantitative estimate of drug-likeness (QED) is 0.918. The SMILES string of the molecule is Cc1c(C(=O)N2c3ccccc3CC2C)nnn1C1CCNCC1. The van der Waals surface area contributed by atoms with Gasteiger partial charge in [0.05, 0.1) is 11.7 Å². The van der Waals surface area contributed by atoms with Crippen LogP contribution in [0.3, 0.4) is 0 Å². The number of carbonyl (C=O) groups is 1. The molecule has 2 aliphatic rings. The molecular formula is C18H23N5O. The van der Waals surface area contributed by atoms with Crippen LogP contribution in [0.5, 0.6) is 0 Å².